The van der Waals surface area contributed by atoms with Gasteiger partial charge in [-0.25, -0.2) is 10.2 Å². The van der Waals surface area contributed by atoms with Crippen LogP contribution in [0.5, 0.6) is 0 Å². The summed E-state index contributed by atoms with van der Waals surface area (Å²) in [7, 11) is 0. The van der Waals surface area contributed by atoms with E-state index in [9.17, 15) is 4.79 Å². The minimum Gasteiger partial charge on any atom is -0.350 e. The van der Waals surface area contributed by atoms with Crippen molar-refractivity contribution < 1.29 is 4.79 Å². The normalized spacial score (nSPS) is 16.1. The zero-order valence-electron chi connectivity index (χ0n) is 11.4. The molecule has 0 spiro atoms. The van der Waals surface area contributed by atoms with Crippen LogP contribution in [0.2, 0.25) is 0 Å². The Morgan fingerprint density at radius 2 is 2.10 bits per heavy atom. The minimum atomic E-state index is -0.624. The molecule has 3 rings (SSSR count). The molecule has 0 saturated carbocycles. The van der Waals surface area contributed by atoms with E-state index in [2.05, 4.69) is 47.8 Å². The maximum Gasteiger partial charge on any atom is 0.332 e. The lowest BCUT2D eigenvalue weighted by molar-refractivity contribution is 0.249. The van der Waals surface area contributed by atoms with Crippen LogP contribution in [0.4, 0.5) is 4.79 Å². The summed E-state index contributed by atoms with van der Waals surface area (Å²) in [6.45, 7) is 2.09. The van der Waals surface area contributed by atoms with E-state index in [0.29, 0.717) is 0 Å². The Morgan fingerprint density at radius 3 is 2.90 bits per heavy atom. The van der Waals surface area contributed by atoms with Gasteiger partial charge in [-0.3, -0.25) is 0 Å². The van der Waals surface area contributed by atoms with Gasteiger partial charge in [0.2, 0.25) is 0 Å². The van der Waals surface area contributed by atoms with Crippen molar-refractivity contribution >= 4 is 22.5 Å². The van der Waals surface area contributed by atoms with Gasteiger partial charge < -0.3 is 5.73 Å². The third-order valence-electron chi connectivity index (χ3n) is 3.71. The fraction of sp³-hybridized carbons (Fsp3) is 0.250. The van der Waals surface area contributed by atoms with Gasteiger partial charge in [0.15, 0.2) is 0 Å². The standard InChI is InChI=1S/C16H17N3O/c1-10-5-8-13-12(9-10)7-6-11-3-2-4-14(15(11)13)18-19-16(17)20/h5-9H,2-4H2,1H3,(H3,17,19,20)/b18-14-. The second-order valence-corrected chi connectivity index (χ2v) is 5.21. The molecule has 2 aromatic carbocycles. The monoisotopic (exact) mass is 267 g/mol. The van der Waals surface area contributed by atoms with E-state index in [4.69, 9.17) is 5.73 Å². The number of carbonyl (C=O) groups is 1. The van der Waals surface area contributed by atoms with E-state index >= 15 is 0 Å². The number of nitrogens with zero attached hydrogens (tertiary/aromatic N) is 1. The molecule has 0 radical (unpaired) electrons. The largest absolute Gasteiger partial charge is 0.350 e. The summed E-state index contributed by atoms with van der Waals surface area (Å²) in [5.41, 5.74) is 12.1. The summed E-state index contributed by atoms with van der Waals surface area (Å²) < 4.78 is 0. The number of fused-ring (bicyclic) bond motifs is 3. The highest BCUT2D eigenvalue weighted by Crippen LogP contribution is 2.29. The highest BCUT2D eigenvalue weighted by Gasteiger charge is 2.18. The Kier molecular flexibility index (Phi) is 3.14. The molecular formula is C16H17N3O. The summed E-state index contributed by atoms with van der Waals surface area (Å²) in [4.78, 5) is 10.9. The van der Waals surface area contributed by atoms with Gasteiger partial charge in [0.05, 0.1) is 5.71 Å². The summed E-state index contributed by atoms with van der Waals surface area (Å²) in [5, 5.41) is 6.59. The number of hydrogen-bond acceptors (Lipinski definition) is 2. The van der Waals surface area contributed by atoms with Gasteiger partial charge in [-0.05, 0) is 42.5 Å². The number of urea groups is 1. The number of nitrogens with two attached hydrogens (primary N) is 1. The average Bonchev–Trinajstić information content (AvgIpc) is 2.44. The molecule has 1 aliphatic carbocycles. The molecule has 0 atom stereocenters. The molecule has 4 nitrogen and oxygen atoms in total. The first-order chi connectivity index (χ1) is 9.65. The molecule has 3 N–H and O–H groups in total. The second-order valence-electron chi connectivity index (χ2n) is 5.21. The first-order valence-corrected chi connectivity index (χ1v) is 6.80. The molecule has 0 fully saturated rings. The molecule has 20 heavy (non-hydrogen) atoms. The van der Waals surface area contributed by atoms with E-state index in [1.54, 1.807) is 0 Å². The van der Waals surface area contributed by atoms with Gasteiger partial charge in [0.25, 0.3) is 0 Å². The van der Waals surface area contributed by atoms with Gasteiger partial charge in [-0.1, -0.05) is 35.9 Å². The Morgan fingerprint density at radius 1 is 1.25 bits per heavy atom. The van der Waals surface area contributed by atoms with Crippen LogP contribution in [0.3, 0.4) is 0 Å². The van der Waals surface area contributed by atoms with Crippen molar-refractivity contribution in [1.29, 1.82) is 0 Å². The number of primary amides is 1. The first kappa shape index (κ1) is 12.7. The predicted octanol–water partition coefficient (Wildman–Crippen LogP) is 2.86. The van der Waals surface area contributed by atoms with Gasteiger partial charge in [-0.2, -0.15) is 5.10 Å². The summed E-state index contributed by atoms with van der Waals surface area (Å²) >= 11 is 0. The van der Waals surface area contributed by atoms with Crippen LogP contribution in [0.25, 0.3) is 10.8 Å². The number of aryl methyl sites for hydroxylation is 2. The van der Waals surface area contributed by atoms with Crippen LogP contribution >= 0.6 is 0 Å². The van der Waals surface area contributed by atoms with Crippen molar-refractivity contribution in [2.24, 2.45) is 10.8 Å². The highest BCUT2D eigenvalue weighted by molar-refractivity contribution is 6.13. The van der Waals surface area contributed by atoms with Gasteiger partial charge in [0, 0.05) is 5.56 Å². The zero-order valence-corrected chi connectivity index (χ0v) is 11.4. The van der Waals surface area contributed by atoms with Gasteiger partial charge >= 0.3 is 6.03 Å². The maximum atomic E-state index is 10.9. The third-order valence-corrected chi connectivity index (χ3v) is 3.71. The second kappa shape index (κ2) is 4.96. The number of hydrogen-bond donors (Lipinski definition) is 2. The van der Waals surface area contributed by atoms with Gasteiger partial charge in [0.1, 0.15) is 0 Å². The number of rotatable bonds is 1. The molecule has 1 aliphatic rings. The van der Waals surface area contributed by atoms with Crippen LogP contribution in [-0.4, -0.2) is 11.7 Å². The smallest absolute Gasteiger partial charge is 0.332 e. The lowest BCUT2D eigenvalue weighted by Crippen LogP contribution is -2.27. The molecule has 0 heterocycles. The first-order valence-electron chi connectivity index (χ1n) is 6.80. The number of amides is 2. The number of nitrogens with one attached hydrogen (secondary N) is 1. The Bertz CT molecular complexity index is 719. The molecule has 0 saturated heterocycles. The molecule has 0 unspecified atom stereocenters. The quantitative estimate of drug-likeness (QED) is 0.766. The van der Waals surface area contributed by atoms with E-state index in [0.717, 1.165) is 30.5 Å². The summed E-state index contributed by atoms with van der Waals surface area (Å²) in [6.07, 6.45) is 2.96. The van der Waals surface area contributed by atoms with E-state index in [1.807, 2.05) is 0 Å². The Hall–Kier alpha value is -2.36. The van der Waals surface area contributed by atoms with Gasteiger partial charge in [-0.15, -0.1) is 0 Å². The van der Waals surface area contributed by atoms with Crippen molar-refractivity contribution in [1.82, 2.24) is 5.43 Å². The molecule has 0 bridgehead atoms. The Labute approximate surface area is 117 Å². The number of benzene rings is 2. The lowest BCUT2D eigenvalue weighted by Gasteiger charge is -2.20. The number of hydrazone groups is 1. The van der Waals surface area contributed by atoms with E-state index in [-0.39, 0.29) is 0 Å². The summed E-state index contributed by atoms with van der Waals surface area (Å²) in [5.74, 6) is 0. The fourth-order valence-corrected chi connectivity index (χ4v) is 2.85. The van der Waals surface area contributed by atoms with Crippen LogP contribution in [-0.2, 0) is 6.42 Å². The maximum absolute atomic E-state index is 10.9. The van der Waals surface area contributed by atoms with Crippen molar-refractivity contribution in [3.8, 4) is 0 Å². The Balaban J connectivity index is 2.19. The van der Waals surface area contributed by atoms with E-state index in [1.165, 1.54) is 21.9 Å². The molecule has 0 aromatic heterocycles. The van der Waals surface area contributed by atoms with Crippen molar-refractivity contribution in [3.63, 3.8) is 0 Å². The van der Waals surface area contributed by atoms with Crippen molar-refractivity contribution in [2.45, 2.75) is 26.2 Å². The SMILES string of the molecule is Cc1ccc2c3c(ccc2c1)CCC/C3=N/NC(N)=O. The molecule has 102 valence electrons. The minimum absolute atomic E-state index is 0.624. The molecule has 2 aromatic rings. The number of carbonyl (C=O) groups excluding carboxylic acids is 1. The van der Waals surface area contributed by atoms with Crippen LogP contribution in [0, 0.1) is 6.92 Å². The van der Waals surface area contributed by atoms with Crippen LogP contribution < -0.4 is 11.2 Å². The molecule has 4 heteroatoms. The predicted molar refractivity (Wildman–Crippen MR) is 80.9 cm³/mol. The van der Waals surface area contributed by atoms with E-state index < -0.39 is 6.03 Å². The lowest BCUT2D eigenvalue weighted by atomic mass is 9.86. The van der Waals surface area contributed by atoms with Crippen molar-refractivity contribution in [3.05, 3.63) is 47.0 Å². The molecule has 2 amide bonds. The molecular weight excluding hydrogens is 250 g/mol. The van der Waals surface area contributed by atoms with Crippen molar-refractivity contribution in [2.75, 3.05) is 0 Å². The highest BCUT2D eigenvalue weighted by atomic mass is 16.2. The van der Waals surface area contributed by atoms with Crippen LogP contribution in [0.1, 0.15) is 29.5 Å². The topological polar surface area (TPSA) is 67.5 Å². The van der Waals surface area contributed by atoms with Crippen LogP contribution in [0.15, 0.2) is 35.4 Å². The zero-order chi connectivity index (χ0) is 14.1. The molecule has 0 aliphatic heterocycles. The fourth-order valence-electron chi connectivity index (χ4n) is 2.85. The third kappa shape index (κ3) is 2.25. The summed E-state index contributed by atoms with van der Waals surface area (Å²) in [6, 6.07) is 10.1. The average molecular weight is 267 g/mol.